The lowest BCUT2D eigenvalue weighted by Gasteiger charge is -2.10. The van der Waals surface area contributed by atoms with Gasteiger partial charge in [0, 0.05) is 30.9 Å². The van der Waals surface area contributed by atoms with Gasteiger partial charge in [-0.15, -0.1) is 0 Å². The van der Waals surface area contributed by atoms with Crippen molar-refractivity contribution in [3.63, 3.8) is 0 Å². The summed E-state index contributed by atoms with van der Waals surface area (Å²) in [6.45, 7) is 4.81. The van der Waals surface area contributed by atoms with Gasteiger partial charge in [-0.3, -0.25) is 4.98 Å². The van der Waals surface area contributed by atoms with Gasteiger partial charge in [0.1, 0.15) is 17.3 Å². The fourth-order valence-corrected chi connectivity index (χ4v) is 1.77. The number of hydrogen-bond donors (Lipinski definition) is 1. The van der Waals surface area contributed by atoms with Crippen LogP contribution >= 0.6 is 11.6 Å². The van der Waals surface area contributed by atoms with Crippen molar-refractivity contribution in [2.75, 3.05) is 0 Å². The normalized spacial score (nSPS) is 10.8. The molecule has 5 heteroatoms. The number of nitrogens with one attached hydrogen (secondary N) is 1. The van der Waals surface area contributed by atoms with Gasteiger partial charge in [-0.25, -0.2) is 4.39 Å². The first-order valence-corrected chi connectivity index (χ1v) is 6.73. The Morgan fingerprint density at radius 2 is 2.00 bits per heavy atom. The molecule has 0 amide bonds. The van der Waals surface area contributed by atoms with E-state index in [2.05, 4.69) is 24.1 Å². The number of ether oxygens (including phenoxy) is 1. The second kappa shape index (κ2) is 6.68. The van der Waals surface area contributed by atoms with Gasteiger partial charge in [0.15, 0.2) is 0 Å². The van der Waals surface area contributed by atoms with Crippen molar-refractivity contribution in [3.05, 3.63) is 53.1 Å². The van der Waals surface area contributed by atoms with E-state index in [9.17, 15) is 4.39 Å². The Labute approximate surface area is 122 Å². The SMILES string of the molecule is CC(C)NCc1cc(Oc2ccc(F)c(Cl)c2)ccn1. The lowest BCUT2D eigenvalue weighted by Crippen LogP contribution is -2.22. The summed E-state index contributed by atoms with van der Waals surface area (Å²) >= 11 is 5.72. The Bertz CT molecular complexity index is 590. The van der Waals surface area contributed by atoms with Gasteiger partial charge < -0.3 is 10.1 Å². The standard InChI is InChI=1S/C15H16ClFN2O/c1-10(2)19-9-11-7-13(5-6-18-11)20-12-3-4-15(17)14(16)8-12/h3-8,10,19H,9H2,1-2H3. The van der Waals surface area contributed by atoms with Crippen LogP contribution < -0.4 is 10.1 Å². The van der Waals surface area contributed by atoms with Crippen molar-refractivity contribution < 1.29 is 9.13 Å². The van der Waals surface area contributed by atoms with Crippen LogP contribution in [-0.4, -0.2) is 11.0 Å². The summed E-state index contributed by atoms with van der Waals surface area (Å²) in [5.41, 5.74) is 0.879. The molecule has 1 heterocycles. The lowest BCUT2D eigenvalue weighted by molar-refractivity contribution is 0.477. The molecule has 1 aromatic heterocycles. The molecule has 20 heavy (non-hydrogen) atoms. The molecular formula is C15H16ClFN2O. The molecule has 0 bridgehead atoms. The van der Waals surface area contributed by atoms with E-state index >= 15 is 0 Å². The molecule has 0 aliphatic heterocycles. The molecule has 0 unspecified atom stereocenters. The zero-order valence-electron chi connectivity index (χ0n) is 11.4. The quantitative estimate of drug-likeness (QED) is 0.899. The van der Waals surface area contributed by atoms with Gasteiger partial charge in [-0.1, -0.05) is 25.4 Å². The number of halogens is 2. The molecule has 3 nitrogen and oxygen atoms in total. The summed E-state index contributed by atoms with van der Waals surface area (Å²) < 4.78 is 18.7. The average Bonchev–Trinajstić information content (AvgIpc) is 2.41. The molecule has 106 valence electrons. The molecule has 0 atom stereocenters. The summed E-state index contributed by atoms with van der Waals surface area (Å²) in [6.07, 6.45) is 1.68. The number of hydrogen-bond acceptors (Lipinski definition) is 3. The smallest absolute Gasteiger partial charge is 0.142 e. The highest BCUT2D eigenvalue weighted by Crippen LogP contribution is 2.26. The third kappa shape index (κ3) is 4.18. The van der Waals surface area contributed by atoms with Crippen molar-refractivity contribution in [1.82, 2.24) is 10.3 Å². The van der Waals surface area contributed by atoms with Gasteiger partial charge in [0.25, 0.3) is 0 Å². The van der Waals surface area contributed by atoms with Crippen molar-refractivity contribution in [3.8, 4) is 11.5 Å². The molecule has 0 fully saturated rings. The van der Waals surface area contributed by atoms with Crippen LogP contribution in [0.15, 0.2) is 36.5 Å². The molecule has 0 saturated heterocycles. The summed E-state index contributed by atoms with van der Waals surface area (Å²) in [7, 11) is 0. The molecule has 1 aromatic carbocycles. The van der Waals surface area contributed by atoms with Crippen LogP contribution in [0.5, 0.6) is 11.5 Å². The predicted octanol–water partition coefficient (Wildman–Crippen LogP) is 4.16. The van der Waals surface area contributed by atoms with Gasteiger partial charge in [-0.2, -0.15) is 0 Å². The molecule has 0 aliphatic rings. The number of aromatic nitrogens is 1. The minimum absolute atomic E-state index is 0.0401. The van der Waals surface area contributed by atoms with Crippen molar-refractivity contribution in [2.24, 2.45) is 0 Å². The first-order valence-electron chi connectivity index (χ1n) is 6.36. The molecule has 1 N–H and O–H groups in total. The largest absolute Gasteiger partial charge is 0.457 e. The van der Waals surface area contributed by atoms with E-state index < -0.39 is 5.82 Å². The number of benzene rings is 1. The summed E-state index contributed by atoms with van der Waals surface area (Å²) in [5.74, 6) is 0.671. The second-order valence-electron chi connectivity index (χ2n) is 4.70. The maximum absolute atomic E-state index is 13.1. The average molecular weight is 295 g/mol. The maximum Gasteiger partial charge on any atom is 0.142 e. The summed E-state index contributed by atoms with van der Waals surface area (Å²) in [6, 6.07) is 8.23. The van der Waals surface area contributed by atoms with E-state index in [0.29, 0.717) is 24.1 Å². The van der Waals surface area contributed by atoms with Crippen LogP contribution in [0.25, 0.3) is 0 Å². The van der Waals surface area contributed by atoms with Crippen LogP contribution in [0, 0.1) is 5.82 Å². The zero-order chi connectivity index (χ0) is 14.5. The fraction of sp³-hybridized carbons (Fsp3) is 0.267. The van der Waals surface area contributed by atoms with Gasteiger partial charge in [-0.05, 0) is 18.2 Å². The van der Waals surface area contributed by atoms with Gasteiger partial charge >= 0.3 is 0 Å². The van der Waals surface area contributed by atoms with Crippen LogP contribution in [-0.2, 0) is 6.54 Å². The third-order valence-corrected chi connectivity index (χ3v) is 2.90. The van der Waals surface area contributed by atoms with Crippen molar-refractivity contribution in [1.29, 1.82) is 0 Å². The molecule has 2 rings (SSSR count). The molecule has 2 aromatic rings. The van der Waals surface area contributed by atoms with Crippen LogP contribution in [0.4, 0.5) is 4.39 Å². The molecule has 0 aliphatic carbocycles. The topological polar surface area (TPSA) is 34.1 Å². The van der Waals surface area contributed by atoms with Crippen LogP contribution in [0.2, 0.25) is 5.02 Å². The number of rotatable bonds is 5. The monoisotopic (exact) mass is 294 g/mol. The third-order valence-electron chi connectivity index (χ3n) is 2.61. The fourth-order valence-electron chi connectivity index (χ4n) is 1.60. The second-order valence-corrected chi connectivity index (χ2v) is 5.10. The Morgan fingerprint density at radius 3 is 2.70 bits per heavy atom. The number of nitrogens with zero attached hydrogens (tertiary/aromatic N) is 1. The highest BCUT2D eigenvalue weighted by Gasteiger charge is 2.04. The highest BCUT2D eigenvalue weighted by molar-refractivity contribution is 6.30. The summed E-state index contributed by atoms with van der Waals surface area (Å²) in [5, 5.41) is 3.32. The van der Waals surface area contributed by atoms with Crippen LogP contribution in [0.1, 0.15) is 19.5 Å². The molecular weight excluding hydrogens is 279 g/mol. The van der Waals surface area contributed by atoms with Crippen molar-refractivity contribution in [2.45, 2.75) is 26.4 Å². The Hall–Kier alpha value is -1.65. The predicted molar refractivity (Wildman–Crippen MR) is 77.7 cm³/mol. The lowest BCUT2D eigenvalue weighted by atomic mass is 10.3. The van der Waals surface area contributed by atoms with E-state index in [-0.39, 0.29) is 5.02 Å². The first kappa shape index (κ1) is 14.8. The first-order chi connectivity index (χ1) is 9.54. The minimum atomic E-state index is -0.462. The van der Waals surface area contributed by atoms with E-state index in [1.54, 1.807) is 12.3 Å². The molecule has 0 radical (unpaired) electrons. The molecule has 0 spiro atoms. The summed E-state index contributed by atoms with van der Waals surface area (Å²) in [4.78, 5) is 4.26. The Morgan fingerprint density at radius 1 is 1.25 bits per heavy atom. The van der Waals surface area contributed by atoms with E-state index in [1.807, 2.05) is 6.07 Å². The van der Waals surface area contributed by atoms with Gasteiger partial charge in [0.05, 0.1) is 10.7 Å². The maximum atomic E-state index is 13.1. The van der Waals surface area contributed by atoms with E-state index in [1.165, 1.54) is 18.2 Å². The van der Waals surface area contributed by atoms with E-state index in [0.717, 1.165) is 5.69 Å². The van der Waals surface area contributed by atoms with E-state index in [4.69, 9.17) is 16.3 Å². The molecule has 0 saturated carbocycles. The zero-order valence-corrected chi connectivity index (χ0v) is 12.1. The number of pyridine rings is 1. The Balaban J connectivity index is 2.08. The van der Waals surface area contributed by atoms with Crippen molar-refractivity contribution >= 4 is 11.6 Å². The highest BCUT2D eigenvalue weighted by atomic mass is 35.5. The Kier molecular flexibility index (Phi) is 4.93. The van der Waals surface area contributed by atoms with Crippen LogP contribution in [0.3, 0.4) is 0 Å². The van der Waals surface area contributed by atoms with Gasteiger partial charge in [0.2, 0.25) is 0 Å². The minimum Gasteiger partial charge on any atom is -0.457 e.